The summed E-state index contributed by atoms with van der Waals surface area (Å²) in [6.07, 6.45) is 4.03. The van der Waals surface area contributed by atoms with E-state index >= 15 is 0 Å². The number of aryl methyl sites for hydroxylation is 1. The first kappa shape index (κ1) is 22.4. The van der Waals surface area contributed by atoms with Crippen LogP contribution in [-0.4, -0.2) is 23.0 Å². The molecule has 1 saturated carbocycles. The number of rotatable bonds is 5. The quantitative estimate of drug-likeness (QED) is 0.648. The highest BCUT2D eigenvalue weighted by Gasteiger charge is 2.38. The summed E-state index contributed by atoms with van der Waals surface area (Å²) in [6.45, 7) is 10.6. The molecule has 32 heavy (non-hydrogen) atoms. The Labute approximate surface area is 191 Å². The first-order chi connectivity index (χ1) is 15.1. The minimum absolute atomic E-state index is 0.0270. The van der Waals surface area contributed by atoms with E-state index in [0.717, 1.165) is 36.8 Å². The molecule has 2 fully saturated rings. The van der Waals surface area contributed by atoms with Crippen molar-refractivity contribution in [1.82, 2.24) is 10.6 Å². The molecular formula is C27H33N3O2. The molecule has 1 saturated heterocycles. The maximum absolute atomic E-state index is 13.0. The van der Waals surface area contributed by atoms with Gasteiger partial charge in [0.05, 0.1) is 5.56 Å². The van der Waals surface area contributed by atoms with E-state index in [4.69, 9.17) is 4.74 Å². The van der Waals surface area contributed by atoms with Gasteiger partial charge in [0, 0.05) is 22.7 Å². The van der Waals surface area contributed by atoms with Gasteiger partial charge in [-0.05, 0) is 102 Å². The van der Waals surface area contributed by atoms with Crippen LogP contribution in [0.1, 0.15) is 86.3 Å². The molecule has 5 nitrogen and oxygen atoms in total. The zero-order chi connectivity index (χ0) is 23.1. The Morgan fingerprint density at radius 1 is 1.09 bits per heavy atom. The van der Waals surface area contributed by atoms with Crippen LogP contribution < -0.4 is 15.4 Å². The standard InChI is InChI=1S/C27H33N3O2/c1-17-13-19(25(31)29-20-14-26(2,3)30-27(4,5)15-20)11-12-23(17)32-24-8-6-7-21(18-9-10-18)22(24)16-28/h6-8,11-13,18,20,30H,9-10,14-15H2,1-5H3,(H,29,31). The van der Waals surface area contributed by atoms with Crippen LogP contribution in [0.5, 0.6) is 11.5 Å². The molecule has 0 bridgehead atoms. The minimum Gasteiger partial charge on any atom is -0.456 e. The fourth-order valence-corrected chi connectivity index (χ4v) is 5.20. The number of nitrogens with zero attached hydrogens (tertiary/aromatic N) is 1. The Balaban J connectivity index is 1.49. The van der Waals surface area contributed by atoms with Gasteiger partial charge < -0.3 is 15.4 Å². The highest BCUT2D eigenvalue weighted by atomic mass is 16.5. The van der Waals surface area contributed by atoms with Gasteiger partial charge in [-0.3, -0.25) is 4.79 Å². The second-order valence-electron chi connectivity index (χ2n) is 10.7. The average Bonchev–Trinajstić information content (AvgIpc) is 3.52. The largest absolute Gasteiger partial charge is 0.456 e. The molecule has 0 atom stereocenters. The van der Waals surface area contributed by atoms with Crippen LogP contribution in [0.4, 0.5) is 0 Å². The number of benzene rings is 2. The van der Waals surface area contributed by atoms with Crippen molar-refractivity contribution in [2.45, 2.75) is 83.3 Å². The number of amides is 1. The molecule has 2 aliphatic rings. The third-order valence-electron chi connectivity index (χ3n) is 6.37. The lowest BCUT2D eigenvalue weighted by atomic mass is 9.79. The SMILES string of the molecule is Cc1cc(C(=O)NC2CC(C)(C)NC(C)(C)C2)ccc1Oc1cccc(C2CC2)c1C#N. The van der Waals surface area contributed by atoms with Crippen LogP contribution in [0.15, 0.2) is 36.4 Å². The molecule has 0 aromatic heterocycles. The fourth-order valence-electron chi connectivity index (χ4n) is 5.20. The first-order valence-corrected chi connectivity index (χ1v) is 11.5. The van der Waals surface area contributed by atoms with E-state index < -0.39 is 0 Å². The molecule has 0 unspecified atom stereocenters. The molecular weight excluding hydrogens is 398 g/mol. The van der Waals surface area contributed by atoms with Crippen molar-refractivity contribution in [2.75, 3.05) is 0 Å². The van der Waals surface area contributed by atoms with Gasteiger partial charge in [0.2, 0.25) is 0 Å². The van der Waals surface area contributed by atoms with Crippen LogP contribution in [0, 0.1) is 18.3 Å². The first-order valence-electron chi connectivity index (χ1n) is 11.5. The highest BCUT2D eigenvalue weighted by Crippen LogP contribution is 2.44. The van der Waals surface area contributed by atoms with Crippen LogP contribution in [0.2, 0.25) is 0 Å². The second kappa shape index (κ2) is 8.26. The summed E-state index contributed by atoms with van der Waals surface area (Å²) in [5.41, 5.74) is 3.13. The number of nitriles is 1. The van der Waals surface area contributed by atoms with Gasteiger partial charge in [0.15, 0.2) is 0 Å². The summed E-state index contributed by atoms with van der Waals surface area (Å²) in [4.78, 5) is 13.0. The van der Waals surface area contributed by atoms with Gasteiger partial charge in [-0.25, -0.2) is 0 Å². The lowest BCUT2D eigenvalue weighted by molar-refractivity contribution is 0.0873. The summed E-state index contributed by atoms with van der Waals surface area (Å²) in [6, 6.07) is 13.7. The van der Waals surface area contributed by atoms with E-state index in [1.54, 1.807) is 6.07 Å². The van der Waals surface area contributed by atoms with Crippen LogP contribution in [-0.2, 0) is 0 Å². The van der Waals surface area contributed by atoms with E-state index in [1.807, 2.05) is 37.3 Å². The molecule has 0 radical (unpaired) electrons. The predicted octanol–water partition coefficient (Wildman–Crippen LogP) is 5.58. The number of carbonyl (C=O) groups excluding carboxylic acids is 1. The summed E-state index contributed by atoms with van der Waals surface area (Å²) < 4.78 is 6.13. The molecule has 1 heterocycles. The minimum atomic E-state index is -0.0633. The number of carbonyl (C=O) groups is 1. The molecule has 1 aliphatic carbocycles. The molecule has 2 aromatic carbocycles. The topological polar surface area (TPSA) is 74.2 Å². The van der Waals surface area contributed by atoms with Gasteiger partial charge >= 0.3 is 0 Å². The van der Waals surface area contributed by atoms with E-state index in [2.05, 4.69) is 44.4 Å². The van der Waals surface area contributed by atoms with E-state index in [1.165, 1.54) is 0 Å². The van der Waals surface area contributed by atoms with Crippen LogP contribution in [0.3, 0.4) is 0 Å². The normalized spacial score (nSPS) is 19.8. The predicted molar refractivity (Wildman–Crippen MR) is 126 cm³/mol. The summed E-state index contributed by atoms with van der Waals surface area (Å²) >= 11 is 0. The third kappa shape index (κ3) is 4.97. The number of piperidine rings is 1. The molecule has 1 amide bonds. The molecule has 168 valence electrons. The van der Waals surface area contributed by atoms with Crippen molar-refractivity contribution >= 4 is 5.91 Å². The molecule has 2 N–H and O–H groups in total. The van der Waals surface area contributed by atoms with E-state index in [-0.39, 0.29) is 23.0 Å². The molecule has 0 spiro atoms. The maximum atomic E-state index is 13.0. The van der Waals surface area contributed by atoms with Crippen LogP contribution in [0.25, 0.3) is 0 Å². The molecule has 4 rings (SSSR count). The second-order valence-corrected chi connectivity index (χ2v) is 10.7. The lowest BCUT2D eigenvalue weighted by Gasteiger charge is -2.46. The number of ether oxygens (including phenoxy) is 1. The van der Waals surface area contributed by atoms with Crippen molar-refractivity contribution in [1.29, 1.82) is 5.26 Å². The lowest BCUT2D eigenvalue weighted by Crippen LogP contribution is -2.62. The van der Waals surface area contributed by atoms with Gasteiger partial charge in [0.25, 0.3) is 5.91 Å². The van der Waals surface area contributed by atoms with E-state index in [0.29, 0.717) is 28.5 Å². The average molecular weight is 432 g/mol. The number of hydrogen-bond acceptors (Lipinski definition) is 4. The van der Waals surface area contributed by atoms with Crippen LogP contribution >= 0.6 is 0 Å². The summed E-state index contributed by atoms with van der Waals surface area (Å²) in [5, 5.41) is 16.6. The Kier molecular flexibility index (Phi) is 5.77. The Morgan fingerprint density at radius 2 is 1.78 bits per heavy atom. The van der Waals surface area contributed by atoms with Crippen molar-refractivity contribution in [3.8, 4) is 17.6 Å². The Hall–Kier alpha value is -2.84. The van der Waals surface area contributed by atoms with Crippen molar-refractivity contribution in [3.05, 3.63) is 58.7 Å². The van der Waals surface area contributed by atoms with Gasteiger partial charge in [0.1, 0.15) is 17.6 Å². The van der Waals surface area contributed by atoms with Gasteiger partial charge in [-0.2, -0.15) is 5.26 Å². The van der Waals surface area contributed by atoms with Crippen molar-refractivity contribution in [2.24, 2.45) is 0 Å². The van der Waals surface area contributed by atoms with Crippen molar-refractivity contribution in [3.63, 3.8) is 0 Å². The van der Waals surface area contributed by atoms with E-state index in [9.17, 15) is 10.1 Å². The zero-order valence-corrected chi connectivity index (χ0v) is 19.7. The Morgan fingerprint density at radius 3 is 2.38 bits per heavy atom. The monoisotopic (exact) mass is 431 g/mol. The summed E-state index contributed by atoms with van der Waals surface area (Å²) in [5.74, 6) is 1.66. The fraction of sp³-hybridized carbons (Fsp3) is 0.481. The number of hydrogen-bond donors (Lipinski definition) is 2. The number of nitrogens with one attached hydrogen (secondary N) is 2. The smallest absolute Gasteiger partial charge is 0.251 e. The van der Waals surface area contributed by atoms with Crippen molar-refractivity contribution < 1.29 is 9.53 Å². The Bertz CT molecular complexity index is 1060. The van der Waals surface area contributed by atoms with Gasteiger partial charge in [-0.1, -0.05) is 12.1 Å². The molecule has 2 aromatic rings. The zero-order valence-electron chi connectivity index (χ0n) is 19.7. The maximum Gasteiger partial charge on any atom is 0.251 e. The highest BCUT2D eigenvalue weighted by molar-refractivity contribution is 5.94. The van der Waals surface area contributed by atoms with Gasteiger partial charge in [-0.15, -0.1) is 0 Å². The molecule has 1 aliphatic heterocycles. The molecule has 5 heteroatoms. The third-order valence-corrected chi connectivity index (χ3v) is 6.37. The summed E-state index contributed by atoms with van der Waals surface area (Å²) in [7, 11) is 0.